The van der Waals surface area contributed by atoms with E-state index in [0.717, 1.165) is 41.0 Å². The van der Waals surface area contributed by atoms with Crippen LogP contribution in [0.5, 0.6) is 11.5 Å². The minimum absolute atomic E-state index is 0.514. The van der Waals surface area contributed by atoms with Gasteiger partial charge in [0.2, 0.25) is 0 Å². The van der Waals surface area contributed by atoms with Crippen molar-refractivity contribution in [1.29, 1.82) is 0 Å². The normalized spacial score (nSPS) is 16.8. The molecule has 0 amide bonds. The summed E-state index contributed by atoms with van der Waals surface area (Å²) in [4.78, 5) is 0. The number of hydrogen-bond acceptors (Lipinski definition) is 3. The molecule has 1 aromatic carbocycles. The maximum absolute atomic E-state index is 10.0. The van der Waals surface area contributed by atoms with E-state index in [1.165, 1.54) is 0 Å². The van der Waals surface area contributed by atoms with Gasteiger partial charge in [-0.3, -0.25) is 0 Å². The Labute approximate surface area is 102 Å². The Bertz CT molecular complexity index is 434. The highest BCUT2D eigenvalue weighted by Crippen LogP contribution is 2.42. The number of methoxy groups -OCH3 is 2. The van der Waals surface area contributed by atoms with Crippen LogP contribution in [0.15, 0.2) is 6.07 Å². The Hall–Kier alpha value is -1.22. The molecule has 0 heterocycles. The lowest BCUT2D eigenvalue weighted by atomic mass is 9.98. The number of hydrogen-bond donors (Lipinski definition) is 1. The van der Waals surface area contributed by atoms with Crippen LogP contribution in [0, 0.1) is 13.8 Å². The van der Waals surface area contributed by atoms with Crippen LogP contribution in [0.3, 0.4) is 0 Å². The first-order valence-electron chi connectivity index (χ1n) is 5.94. The molecule has 0 unspecified atom stereocenters. The lowest BCUT2D eigenvalue weighted by Crippen LogP contribution is -2.12. The summed E-state index contributed by atoms with van der Waals surface area (Å²) < 4.78 is 10.8. The molecule has 1 saturated carbocycles. The summed E-state index contributed by atoms with van der Waals surface area (Å²) in [6.07, 6.45) is 2.41. The largest absolute Gasteiger partial charge is 0.496 e. The van der Waals surface area contributed by atoms with E-state index in [1.807, 2.05) is 19.9 Å². The first kappa shape index (κ1) is 12.2. The zero-order valence-electron chi connectivity index (χ0n) is 11.0. The van der Waals surface area contributed by atoms with E-state index in [2.05, 4.69) is 0 Å². The third kappa shape index (κ3) is 2.25. The van der Waals surface area contributed by atoms with Gasteiger partial charge in [-0.15, -0.1) is 0 Å². The molecule has 0 saturated heterocycles. The second-order valence-electron chi connectivity index (χ2n) is 4.92. The SMILES string of the molecule is COc1cc(CC2(O)CC2)c(OC)c(C)c1C. The van der Waals surface area contributed by atoms with Crippen LogP contribution < -0.4 is 9.47 Å². The first-order valence-corrected chi connectivity index (χ1v) is 5.94. The van der Waals surface area contributed by atoms with Crippen molar-refractivity contribution in [1.82, 2.24) is 0 Å². The minimum atomic E-state index is -0.514. The predicted molar refractivity (Wildman–Crippen MR) is 66.9 cm³/mol. The van der Waals surface area contributed by atoms with Gasteiger partial charge in [0.15, 0.2) is 0 Å². The molecule has 17 heavy (non-hydrogen) atoms. The highest BCUT2D eigenvalue weighted by atomic mass is 16.5. The van der Waals surface area contributed by atoms with Gasteiger partial charge >= 0.3 is 0 Å². The van der Waals surface area contributed by atoms with Crippen LogP contribution in [0.2, 0.25) is 0 Å². The van der Waals surface area contributed by atoms with Crippen LogP contribution in [0.25, 0.3) is 0 Å². The first-order chi connectivity index (χ1) is 8.00. The molecule has 3 heteroatoms. The average Bonchev–Trinajstić information content (AvgIpc) is 3.02. The van der Waals surface area contributed by atoms with Gasteiger partial charge < -0.3 is 14.6 Å². The summed E-state index contributed by atoms with van der Waals surface area (Å²) in [7, 11) is 3.35. The van der Waals surface area contributed by atoms with Gasteiger partial charge in [-0.25, -0.2) is 0 Å². The Morgan fingerprint density at radius 1 is 1.18 bits per heavy atom. The molecule has 1 N–H and O–H groups in total. The summed E-state index contributed by atoms with van der Waals surface area (Å²) in [5.41, 5.74) is 2.70. The van der Waals surface area contributed by atoms with Crippen molar-refractivity contribution >= 4 is 0 Å². The van der Waals surface area contributed by atoms with Crippen molar-refractivity contribution in [3.8, 4) is 11.5 Å². The molecule has 0 atom stereocenters. The van der Waals surface area contributed by atoms with Crippen molar-refractivity contribution in [2.45, 2.75) is 38.7 Å². The monoisotopic (exact) mass is 236 g/mol. The van der Waals surface area contributed by atoms with Gasteiger partial charge in [0.05, 0.1) is 19.8 Å². The summed E-state index contributed by atoms with van der Waals surface area (Å²) in [6.45, 7) is 4.05. The second-order valence-corrected chi connectivity index (χ2v) is 4.92. The second kappa shape index (κ2) is 4.22. The standard InChI is InChI=1S/C14H20O3/c1-9-10(2)13(17-4)11(7-12(9)16-3)8-14(15)5-6-14/h7,15H,5-6,8H2,1-4H3. The van der Waals surface area contributed by atoms with Crippen molar-refractivity contribution in [3.05, 3.63) is 22.8 Å². The van der Waals surface area contributed by atoms with Gasteiger partial charge in [0, 0.05) is 12.0 Å². The lowest BCUT2D eigenvalue weighted by Gasteiger charge is -2.18. The molecule has 3 nitrogen and oxygen atoms in total. The van der Waals surface area contributed by atoms with Gasteiger partial charge in [-0.2, -0.15) is 0 Å². The molecule has 1 aromatic rings. The van der Waals surface area contributed by atoms with E-state index in [9.17, 15) is 5.11 Å². The molecule has 0 aliphatic heterocycles. The molecular formula is C14H20O3. The molecule has 0 aromatic heterocycles. The fraction of sp³-hybridized carbons (Fsp3) is 0.571. The molecular weight excluding hydrogens is 216 g/mol. The zero-order chi connectivity index (χ0) is 12.6. The predicted octanol–water partition coefficient (Wildman–Crippen LogP) is 2.39. The van der Waals surface area contributed by atoms with Gasteiger partial charge in [-0.1, -0.05) is 0 Å². The summed E-state index contributed by atoms with van der Waals surface area (Å²) in [5, 5.41) is 10.0. The number of ether oxygens (including phenoxy) is 2. The van der Waals surface area contributed by atoms with E-state index in [0.29, 0.717) is 6.42 Å². The van der Waals surface area contributed by atoms with E-state index >= 15 is 0 Å². The van der Waals surface area contributed by atoms with Gasteiger partial charge in [0.25, 0.3) is 0 Å². The molecule has 1 fully saturated rings. The molecule has 0 spiro atoms. The molecule has 1 aliphatic carbocycles. The van der Waals surface area contributed by atoms with Crippen molar-refractivity contribution in [3.63, 3.8) is 0 Å². The van der Waals surface area contributed by atoms with E-state index < -0.39 is 5.60 Å². The van der Waals surface area contributed by atoms with Crippen LogP contribution in [-0.4, -0.2) is 24.9 Å². The van der Waals surface area contributed by atoms with Gasteiger partial charge in [0.1, 0.15) is 11.5 Å². The molecule has 94 valence electrons. The number of rotatable bonds is 4. The van der Waals surface area contributed by atoms with Crippen LogP contribution in [0.1, 0.15) is 29.5 Å². The maximum Gasteiger partial charge on any atom is 0.125 e. The van der Waals surface area contributed by atoms with Crippen molar-refractivity contribution in [2.75, 3.05) is 14.2 Å². The maximum atomic E-state index is 10.0. The summed E-state index contributed by atoms with van der Waals surface area (Å²) in [6, 6.07) is 1.98. The van der Waals surface area contributed by atoms with Gasteiger partial charge in [-0.05, 0) is 43.9 Å². The molecule has 0 bridgehead atoms. The van der Waals surface area contributed by atoms with E-state index in [1.54, 1.807) is 14.2 Å². The van der Waals surface area contributed by atoms with E-state index in [4.69, 9.17) is 9.47 Å². The highest BCUT2D eigenvalue weighted by molar-refractivity contribution is 5.53. The van der Waals surface area contributed by atoms with Crippen LogP contribution in [0.4, 0.5) is 0 Å². The molecule has 0 radical (unpaired) electrons. The topological polar surface area (TPSA) is 38.7 Å². The molecule has 1 aliphatic rings. The Morgan fingerprint density at radius 3 is 2.29 bits per heavy atom. The van der Waals surface area contributed by atoms with Crippen LogP contribution >= 0.6 is 0 Å². The average molecular weight is 236 g/mol. The molecule has 2 rings (SSSR count). The van der Waals surface area contributed by atoms with Crippen molar-refractivity contribution < 1.29 is 14.6 Å². The lowest BCUT2D eigenvalue weighted by molar-refractivity contribution is 0.150. The summed E-state index contributed by atoms with van der Waals surface area (Å²) >= 11 is 0. The minimum Gasteiger partial charge on any atom is -0.496 e. The summed E-state index contributed by atoms with van der Waals surface area (Å²) in [5.74, 6) is 1.74. The van der Waals surface area contributed by atoms with E-state index in [-0.39, 0.29) is 0 Å². The smallest absolute Gasteiger partial charge is 0.125 e. The Balaban J connectivity index is 2.44. The Kier molecular flexibility index (Phi) is 3.04. The third-order valence-electron chi connectivity index (χ3n) is 3.64. The fourth-order valence-corrected chi connectivity index (χ4v) is 2.23. The zero-order valence-corrected chi connectivity index (χ0v) is 11.0. The highest BCUT2D eigenvalue weighted by Gasteiger charge is 2.41. The number of benzene rings is 1. The number of aliphatic hydroxyl groups is 1. The van der Waals surface area contributed by atoms with Crippen molar-refractivity contribution in [2.24, 2.45) is 0 Å². The Morgan fingerprint density at radius 2 is 1.82 bits per heavy atom. The van der Waals surface area contributed by atoms with Crippen LogP contribution in [-0.2, 0) is 6.42 Å². The quantitative estimate of drug-likeness (QED) is 0.872. The fourth-order valence-electron chi connectivity index (χ4n) is 2.23. The third-order valence-corrected chi connectivity index (χ3v) is 3.64.